The molecule has 0 atom stereocenters. The van der Waals surface area contributed by atoms with Gasteiger partial charge < -0.3 is 5.32 Å². The molecule has 1 amide bonds. The van der Waals surface area contributed by atoms with E-state index in [4.69, 9.17) is 0 Å². The molecule has 1 fully saturated rings. The Morgan fingerprint density at radius 2 is 2.00 bits per heavy atom. The van der Waals surface area contributed by atoms with Crippen molar-refractivity contribution < 1.29 is 9.18 Å². The zero-order chi connectivity index (χ0) is 17.6. The number of carbonyl (C=O) groups is 1. The predicted octanol–water partition coefficient (Wildman–Crippen LogP) is 3.57. The van der Waals surface area contributed by atoms with Crippen LogP contribution in [0, 0.1) is 17.1 Å². The first-order valence-corrected chi connectivity index (χ1v) is 8.39. The monoisotopic (exact) mass is 338 g/mol. The maximum atomic E-state index is 13.1. The standard InChI is InChI=1S/C19H19FN4O/c20-16-8-6-13(7-9-16)18-15(12-22-24-18)10-14(11-21)19(25)23-17-4-2-1-3-5-17/h6-10,12,17H,1-5H2,(H,22,24)(H,23,25)/b14-10+. The van der Waals surface area contributed by atoms with Gasteiger partial charge in [0.15, 0.2) is 0 Å². The summed E-state index contributed by atoms with van der Waals surface area (Å²) in [5.41, 5.74) is 2.02. The molecule has 1 aromatic heterocycles. The number of aromatic amines is 1. The molecule has 0 unspecified atom stereocenters. The summed E-state index contributed by atoms with van der Waals surface area (Å²) < 4.78 is 13.1. The molecule has 1 aliphatic rings. The van der Waals surface area contributed by atoms with Crippen LogP contribution in [0.5, 0.6) is 0 Å². The molecule has 0 spiro atoms. The highest BCUT2D eigenvalue weighted by molar-refractivity contribution is 6.02. The first kappa shape index (κ1) is 16.9. The van der Waals surface area contributed by atoms with E-state index >= 15 is 0 Å². The lowest BCUT2D eigenvalue weighted by molar-refractivity contribution is -0.117. The minimum atomic E-state index is -0.361. The molecule has 6 heteroatoms. The number of carbonyl (C=O) groups excluding carboxylic acids is 1. The number of rotatable bonds is 4. The van der Waals surface area contributed by atoms with Gasteiger partial charge in [-0.2, -0.15) is 10.4 Å². The summed E-state index contributed by atoms with van der Waals surface area (Å²) >= 11 is 0. The lowest BCUT2D eigenvalue weighted by Gasteiger charge is -2.22. The number of hydrogen-bond donors (Lipinski definition) is 2. The summed E-state index contributed by atoms with van der Waals surface area (Å²) in [6.07, 6.45) is 8.38. The van der Waals surface area contributed by atoms with Crippen molar-refractivity contribution in [1.82, 2.24) is 15.5 Å². The highest BCUT2D eigenvalue weighted by atomic mass is 19.1. The predicted molar refractivity (Wildman–Crippen MR) is 92.6 cm³/mol. The first-order chi connectivity index (χ1) is 12.2. The van der Waals surface area contributed by atoms with Crippen LogP contribution in [0.2, 0.25) is 0 Å². The van der Waals surface area contributed by atoms with E-state index < -0.39 is 0 Å². The lowest BCUT2D eigenvalue weighted by Crippen LogP contribution is -2.36. The maximum Gasteiger partial charge on any atom is 0.262 e. The molecule has 0 radical (unpaired) electrons. The summed E-state index contributed by atoms with van der Waals surface area (Å²) in [5, 5.41) is 19.1. The van der Waals surface area contributed by atoms with Crippen LogP contribution in [0.15, 0.2) is 36.0 Å². The highest BCUT2D eigenvalue weighted by Gasteiger charge is 2.18. The number of benzene rings is 1. The van der Waals surface area contributed by atoms with E-state index in [2.05, 4.69) is 15.5 Å². The molecule has 2 aromatic rings. The second-order valence-corrected chi connectivity index (χ2v) is 6.19. The molecule has 5 nitrogen and oxygen atoms in total. The van der Waals surface area contributed by atoms with Gasteiger partial charge in [0.25, 0.3) is 5.91 Å². The van der Waals surface area contributed by atoms with E-state index in [1.807, 2.05) is 6.07 Å². The molecule has 2 N–H and O–H groups in total. The number of hydrogen-bond acceptors (Lipinski definition) is 3. The average molecular weight is 338 g/mol. The molecule has 1 saturated carbocycles. The normalized spacial score (nSPS) is 15.6. The summed E-state index contributed by atoms with van der Waals surface area (Å²) in [6, 6.07) is 8.05. The van der Waals surface area contributed by atoms with E-state index in [9.17, 15) is 14.4 Å². The first-order valence-electron chi connectivity index (χ1n) is 8.39. The van der Waals surface area contributed by atoms with Crippen molar-refractivity contribution in [1.29, 1.82) is 5.26 Å². The number of nitrogens with zero attached hydrogens (tertiary/aromatic N) is 2. The van der Waals surface area contributed by atoms with Gasteiger partial charge in [0.1, 0.15) is 17.5 Å². The van der Waals surface area contributed by atoms with Crippen LogP contribution >= 0.6 is 0 Å². The van der Waals surface area contributed by atoms with Gasteiger partial charge >= 0.3 is 0 Å². The SMILES string of the molecule is N#C/C(=C\c1cn[nH]c1-c1ccc(F)cc1)C(=O)NC1CCCCC1. The Labute approximate surface area is 145 Å². The lowest BCUT2D eigenvalue weighted by atomic mass is 9.95. The van der Waals surface area contributed by atoms with Gasteiger partial charge in [0, 0.05) is 17.2 Å². The number of H-pyrrole nitrogens is 1. The van der Waals surface area contributed by atoms with Gasteiger partial charge in [-0.3, -0.25) is 9.89 Å². The zero-order valence-electron chi connectivity index (χ0n) is 13.8. The largest absolute Gasteiger partial charge is 0.349 e. The smallest absolute Gasteiger partial charge is 0.262 e. The molecule has 3 rings (SSSR count). The fourth-order valence-electron chi connectivity index (χ4n) is 3.07. The van der Waals surface area contributed by atoms with E-state index in [0.29, 0.717) is 11.3 Å². The third kappa shape index (κ3) is 4.13. The van der Waals surface area contributed by atoms with Crippen molar-refractivity contribution in [3.05, 3.63) is 47.4 Å². The zero-order valence-corrected chi connectivity index (χ0v) is 13.8. The van der Waals surface area contributed by atoms with Crippen molar-refractivity contribution in [3.8, 4) is 17.3 Å². The average Bonchev–Trinajstić information content (AvgIpc) is 3.09. The maximum absolute atomic E-state index is 13.1. The van der Waals surface area contributed by atoms with Gasteiger partial charge in [-0.05, 0) is 43.2 Å². The Hall–Kier alpha value is -2.94. The second-order valence-electron chi connectivity index (χ2n) is 6.19. The van der Waals surface area contributed by atoms with Crippen molar-refractivity contribution in [2.75, 3.05) is 0 Å². The minimum absolute atomic E-state index is 0.0373. The Balaban J connectivity index is 1.81. The van der Waals surface area contributed by atoms with Gasteiger partial charge in [-0.1, -0.05) is 19.3 Å². The molecule has 128 valence electrons. The fraction of sp³-hybridized carbons (Fsp3) is 0.316. The van der Waals surface area contributed by atoms with E-state index in [1.54, 1.807) is 18.3 Å². The molecular formula is C19H19FN4O. The number of nitriles is 1. The Kier molecular flexibility index (Phi) is 5.24. The summed E-state index contributed by atoms with van der Waals surface area (Å²) in [4.78, 5) is 12.4. The molecule has 25 heavy (non-hydrogen) atoms. The van der Waals surface area contributed by atoms with Crippen LogP contribution in [0.1, 0.15) is 37.7 Å². The topological polar surface area (TPSA) is 81.6 Å². The van der Waals surface area contributed by atoms with E-state index in [-0.39, 0.29) is 23.3 Å². The molecule has 1 aromatic carbocycles. The van der Waals surface area contributed by atoms with Gasteiger partial charge in [-0.25, -0.2) is 4.39 Å². The number of aromatic nitrogens is 2. The quantitative estimate of drug-likeness (QED) is 0.660. The Morgan fingerprint density at radius 1 is 1.28 bits per heavy atom. The molecule has 0 aliphatic heterocycles. The molecular weight excluding hydrogens is 319 g/mol. The fourth-order valence-corrected chi connectivity index (χ4v) is 3.07. The third-order valence-corrected chi connectivity index (χ3v) is 4.41. The van der Waals surface area contributed by atoms with Crippen LogP contribution in [0.4, 0.5) is 4.39 Å². The van der Waals surface area contributed by atoms with Crippen molar-refractivity contribution in [3.63, 3.8) is 0 Å². The highest BCUT2D eigenvalue weighted by Crippen LogP contribution is 2.24. The van der Waals surface area contributed by atoms with E-state index in [1.165, 1.54) is 24.6 Å². The molecule has 0 bridgehead atoms. The number of nitrogens with one attached hydrogen (secondary N) is 2. The number of amides is 1. The van der Waals surface area contributed by atoms with Crippen LogP contribution in [0.3, 0.4) is 0 Å². The van der Waals surface area contributed by atoms with Gasteiger partial charge in [0.2, 0.25) is 0 Å². The summed E-state index contributed by atoms with van der Waals surface area (Å²) in [6.45, 7) is 0. The van der Waals surface area contributed by atoms with Crippen LogP contribution in [-0.2, 0) is 4.79 Å². The molecule has 1 aliphatic carbocycles. The third-order valence-electron chi connectivity index (χ3n) is 4.41. The van der Waals surface area contributed by atoms with Gasteiger partial charge in [-0.15, -0.1) is 0 Å². The summed E-state index contributed by atoms with van der Waals surface area (Å²) in [7, 11) is 0. The van der Waals surface area contributed by atoms with Crippen molar-refractivity contribution in [2.24, 2.45) is 0 Å². The number of halogens is 1. The van der Waals surface area contributed by atoms with Crippen LogP contribution < -0.4 is 5.32 Å². The Bertz CT molecular complexity index is 811. The Morgan fingerprint density at radius 3 is 2.68 bits per heavy atom. The van der Waals surface area contributed by atoms with Crippen molar-refractivity contribution >= 4 is 12.0 Å². The molecule has 0 saturated heterocycles. The van der Waals surface area contributed by atoms with Crippen LogP contribution in [-0.4, -0.2) is 22.1 Å². The second kappa shape index (κ2) is 7.75. The van der Waals surface area contributed by atoms with Crippen LogP contribution in [0.25, 0.3) is 17.3 Å². The van der Waals surface area contributed by atoms with Crippen molar-refractivity contribution in [2.45, 2.75) is 38.1 Å². The molecule has 1 heterocycles. The summed E-state index contributed by atoms with van der Waals surface area (Å²) in [5.74, 6) is -0.689. The minimum Gasteiger partial charge on any atom is -0.349 e. The van der Waals surface area contributed by atoms with Gasteiger partial charge in [0.05, 0.1) is 11.9 Å². The van der Waals surface area contributed by atoms with E-state index in [0.717, 1.165) is 31.2 Å².